The van der Waals surface area contributed by atoms with Gasteiger partial charge >= 0.3 is 0 Å². The maximum absolute atomic E-state index is 11.0. The average Bonchev–Trinajstić information content (AvgIpc) is 2.36. The highest BCUT2D eigenvalue weighted by Gasteiger charge is 2.14. The van der Waals surface area contributed by atoms with Crippen LogP contribution >= 0.6 is 34.5 Å². The lowest BCUT2D eigenvalue weighted by molar-refractivity contribution is 0.602. The summed E-state index contributed by atoms with van der Waals surface area (Å²) in [5.41, 5.74) is 0. The zero-order valence-corrected chi connectivity index (χ0v) is 8.40. The van der Waals surface area contributed by atoms with Crippen molar-refractivity contribution in [3.8, 4) is 0 Å². The van der Waals surface area contributed by atoms with Gasteiger partial charge in [-0.15, -0.1) is 22.9 Å². The molecule has 0 N–H and O–H groups in total. The van der Waals surface area contributed by atoms with Gasteiger partial charge in [0.15, 0.2) is 0 Å². The largest absolute Gasteiger partial charge is 0.222 e. The van der Waals surface area contributed by atoms with Crippen LogP contribution < -0.4 is 0 Å². The molecule has 1 rings (SSSR count). The molecule has 0 aliphatic carbocycles. The Morgan fingerprint density at radius 1 is 1.45 bits per heavy atom. The molecule has 62 valence electrons. The Morgan fingerprint density at radius 2 is 2.09 bits per heavy atom. The van der Waals surface area contributed by atoms with Gasteiger partial charge in [-0.05, 0) is 12.1 Å². The molecule has 0 amide bonds. The van der Waals surface area contributed by atoms with Crippen LogP contribution in [-0.2, 0) is 9.84 Å². The van der Waals surface area contributed by atoms with Gasteiger partial charge in [-0.1, -0.05) is 11.6 Å². The van der Waals surface area contributed by atoms with Gasteiger partial charge < -0.3 is 0 Å². The van der Waals surface area contributed by atoms with E-state index in [1.807, 2.05) is 0 Å². The van der Waals surface area contributed by atoms with Crippen LogP contribution in [0.1, 0.15) is 0 Å². The van der Waals surface area contributed by atoms with Crippen LogP contribution in [0.4, 0.5) is 0 Å². The van der Waals surface area contributed by atoms with E-state index >= 15 is 0 Å². The van der Waals surface area contributed by atoms with E-state index in [0.717, 1.165) is 11.3 Å². The molecule has 2 nitrogen and oxygen atoms in total. The zero-order valence-electron chi connectivity index (χ0n) is 5.25. The molecule has 6 heteroatoms. The topological polar surface area (TPSA) is 34.1 Å². The first-order valence-electron chi connectivity index (χ1n) is 2.60. The van der Waals surface area contributed by atoms with Crippen molar-refractivity contribution >= 4 is 44.4 Å². The van der Waals surface area contributed by atoms with Gasteiger partial charge in [0, 0.05) is 0 Å². The zero-order chi connectivity index (χ0) is 8.48. The Morgan fingerprint density at radius 3 is 2.45 bits per heavy atom. The van der Waals surface area contributed by atoms with E-state index in [0.29, 0.717) is 4.34 Å². The fourth-order valence-electron chi connectivity index (χ4n) is 0.519. The Bertz CT molecular complexity index is 341. The van der Waals surface area contributed by atoms with E-state index in [9.17, 15) is 8.42 Å². The first kappa shape index (κ1) is 9.32. The Labute approximate surface area is 78.7 Å². The number of alkyl halides is 1. The summed E-state index contributed by atoms with van der Waals surface area (Å²) in [6.45, 7) is 0. The summed E-state index contributed by atoms with van der Waals surface area (Å²) in [5.74, 6) is 0. The fraction of sp³-hybridized carbons (Fsp3) is 0.200. The van der Waals surface area contributed by atoms with E-state index in [1.165, 1.54) is 12.1 Å². The molecule has 0 atom stereocenters. The van der Waals surface area contributed by atoms with Crippen molar-refractivity contribution in [3.05, 3.63) is 16.5 Å². The van der Waals surface area contributed by atoms with Gasteiger partial charge in [0.05, 0.1) is 4.34 Å². The van der Waals surface area contributed by atoms with Crippen molar-refractivity contribution in [1.29, 1.82) is 0 Å². The molecule has 0 saturated carbocycles. The molecule has 0 radical (unpaired) electrons. The highest BCUT2D eigenvalue weighted by molar-refractivity contribution is 7.94. The molecule has 0 fully saturated rings. The van der Waals surface area contributed by atoms with E-state index in [-0.39, 0.29) is 4.21 Å². The molecule has 1 heterocycles. The van der Waals surface area contributed by atoms with Crippen molar-refractivity contribution in [2.75, 3.05) is 5.21 Å². The first-order valence-corrected chi connectivity index (χ1v) is 5.98. The number of halogens is 2. The summed E-state index contributed by atoms with van der Waals surface area (Å²) in [4.78, 5) is 0. The van der Waals surface area contributed by atoms with Gasteiger partial charge in [-0.2, -0.15) is 0 Å². The Hall–Kier alpha value is 0.230. The molecule has 0 aliphatic rings. The molecule has 0 spiro atoms. The third-order valence-electron chi connectivity index (χ3n) is 0.999. The molecule has 0 aromatic carbocycles. The van der Waals surface area contributed by atoms with Gasteiger partial charge in [-0.3, -0.25) is 0 Å². The van der Waals surface area contributed by atoms with Crippen LogP contribution in [0.2, 0.25) is 4.34 Å². The van der Waals surface area contributed by atoms with Crippen molar-refractivity contribution in [2.24, 2.45) is 0 Å². The van der Waals surface area contributed by atoms with Crippen LogP contribution in [0.15, 0.2) is 16.3 Å². The first-order chi connectivity index (χ1) is 5.06. The number of rotatable bonds is 2. The van der Waals surface area contributed by atoms with Crippen LogP contribution in [0.25, 0.3) is 0 Å². The fourth-order valence-corrected chi connectivity index (χ4v) is 3.32. The quantitative estimate of drug-likeness (QED) is 0.732. The minimum absolute atomic E-state index is 0.220. The third kappa shape index (κ3) is 2.08. The Kier molecular flexibility index (Phi) is 2.80. The lowest BCUT2D eigenvalue weighted by atomic mass is 10.7. The van der Waals surface area contributed by atoms with Gasteiger partial charge in [-0.25, -0.2) is 8.42 Å². The summed E-state index contributed by atoms with van der Waals surface area (Å²) in [6.07, 6.45) is 0. The summed E-state index contributed by atoms with van der Waals surface area (Å²) >= 11 is 11.8. The molecule has 1 aromatic heterocycles. The van der Waals surface area contributed by atoms with Gasteiger partial charge in [0.2, 0.25) is 9.84 Å². The molecule has 1 aromatic rings. The molecular weight excluding hydrogens is 227 g/mol. The van der Waals surface area contributed by atoms with E-state index < -0.39 is 15.0 Å². The summed E-state index contributed by atoms with van der Waals surface area (Å²) < 4.78 is 22.7. The number of hydrogen-bond donors (Lipinski definition) is 0. The lowest BCUT2D eigenvalue weighted by Gasteiger charge is -1.91. The monoisotopic (exact) mass is 230 g/mol. The second-order valence-corrected chi connectivity index (χ2v) is 6.30. The van der Waals surface area contributed by atoms with Crippen LogP contribution in [0.5, 0.6) is 0 Å². The summed E-state index contributed by atoms with van der Waals surface area (Å²) in [5, 5.41) is -0.399. The van der Waals surface area contributed by atoms with Crippen molar-refractivity contribution < 1.29 is 8.42 Å². The molecule has 11 heavy (non-hydrogen) atoms. The van der Waals surface area contributed by atoms with Gasteiger partial charge in [0.25, 0.3) is 0 Å². The predicted molar refractivity (Wildman–Crippen MR) is 47.2 cm³/mol. The number of sulfone groups is 1. The van der Waals surface area contributed by atoms with Crippen molar-refractivity contribution in [3.63, 3.8) is 0 Å². The van der Waals surface area contributed by atoms with Crippen molar-refractivity contribution in [1.82, 2.24) is 0 Å². The summed E-state index contributed by atoms with van der Waals surface area (Å²) in [7, 11) is -3.28. The van der Waals surface area contributed by atoms with E-state index in [1.54, 1.807) is 0 Å². The Balaban J connectivity index is 3.13. The van der Waals surface area contributed by atoms with Crippen LogP contribution in [0.3, 0.4) is 0 Å². The summed E-state index contributed by atoms with van der Waals surface area (Å²) in [6, 6.07) is 2.98. The average molecular weight is 231 g/mol. The molecule has 0 bridgehead atoms. The minimum Gasteiger partial charge on any atom is -0.222 e. The highest BCUT2D eigenvalue weighted by Crippen LogP contribution is 2.26. The SMILES string of the molecule is O=S(=O)(CCl)c1ccc(Cl)s1. The van der Waals surface area contributed by atoms with Crippen LogP contribution in [-0.4, -0.2) is 13.6 Å². The number of thiophene rings is 1. The maximum Gasteiger partial charge on any atom is 0.201 e. The van der Waals surface area contributed by atoms with Crippen molar-refractivity contribution in [2.45, 2.75) is 4.21 Å². The third-order valence-corrected chi connectivity index (χ3v) is 4.93. The lowest BCUT2D eigenvalue weighted by Crippen LogP contribution is -1.98. The molecular formula is C5H4Cl2O2S2. The second kappa shape index (κ2) is 3.31. The highest BCUT2D eigenvalue weighted by atomic mass is 35.5. The molecule has 0 aliphatic heterocycles. The smallest absolute Gasteiger partial charge is 0.201 e. The predicted octanol–water partition coefficient (Wildman–Crippen LogP) is 2.37. The number of hydrogen-bond acceptors (Lipinski definition) is 3. The molecule has 0 saturated heterocycles. The standard InChI is InChI=1S/C5H4Cl2O2S2/c6-3-11(8,9)5-2-1-4(7)10-5/h1-2H,3H2. The normalized spacial score (nSPS) is 11.8. The van der Waals surface area contributed by atoms with Crippen LogP contribution in [0, 0.1) is 0 Å². The molecule has 0 unspecified atom stereocenters. The van der Waals surface area contributed by atoms with E-state index in [2.05, 4.69) is 0 Å². The maximum atomic E-state index is 11.0. The van der Waals surface area contributed by atoms with E-state index in [4.69, 9.17) is 23.2 Å². The van der Waals surface area contributed by atoms with Gasteiger partial charge in [0.1, 0.15) is 9.42 Å². The minimum atomic E-state index is -3.28. The second-order valence-electron chi connectivity index (χ2n) is 1.78.